The van der Waals surface area contributed by atoms with Gasteiger partial charge in [-0.2, -0.15) is 0 Å². The Kier molecular flexibility index (Phi) is 5.66. The molecule has 0 spiro atoms. The molecule has 0 radical (unpaired) electrons. The van der Waals surface area contributed by atoms with E-state index >= 15 is 0 Å². The second kappa shape index (κ2) is 8.87. The minimum atomic E-state index is -0.571. The molecule has 31 heavy (non-hydrogen) atoms. The van der Waals surface area contributed by atoms with Crippen molar-refractivity contribution in [3.63, 3.8) is 0 Å². The molecule has 0 amide bonds. The summed E-state index contributed by atoms with van der Waals surface area (Å²) < 4.78 is 17.2. The molecule has 154 valence electrons. The molecule has 0 aliphatic carbocycles. The predicted molar refractivity (Wildman–Crippen MR) is 117 cm³/mol. The highest BCUT2D eigenvalue weighted by Crippen LogP contribution is 2.31. The Morgan fingerprint density at radius 3 is 1.71 bits per heavy atom. The number of aromatic nitrogens is 1. The van der Waals surface area contributed by atoms with Crippen LogP contribution >= 0.6 is 0 Å². The van der Waals surface area contributed by atoms with E-state index in [-0.39, 0.29) is 5.56 Å². The second-order valence-electron chi connectivity index (χ2n) is 6.61. The standard InChI is InChI=1S/C24H19N3O4/c25-17-3-7-19(8-4-17)29-22-12-16(24(28)31-21-2-1-11-27-15-21)13-23(14-22)30-20-9-5-18(26)6-10-20/h1-15H,25-26H2. The molecule has 4 rings (SSSR count). The van der Waals surface area contributed by atoms with E-state index in [1.54, 1.807) is 85.1 Å². The average molecular weight is 413 g/mol. The first-order chi connectivity index (χ1) is 15.0. The van der Waals surface area contributed by atoms with Gasteiger partial charge < -0.3 is 25.7 Å². The van der Waals surface area contributed by atoms with Crippen LogP contribution in [0.1, 0.15) is 10.4 Å². The van der Waals surface area contributed by atoms with E-state index in [1.807, 2.05) is 0 Å². The van der Waals surface area contributed by atoms with Crippen LogP contribution in [0.5, 0.6) is 28.7 Å². The number of carbonyl (C=O) groups excluding carboxylic acids is 1. The lowest BCUT2D eigenvalue weighted by atomic mass is 10.2. The molecule has 0 bridgehead atoms. The Morgan fingerprint density at radius 2 is 1.23 bits per heavy atom. The Labute approximate surface area is 178 Å². The number of nitrogen functional groups attached to an aromatic ring is 2. The summed E-state index contributed by atoms with van der Waals surface area (Å²) >= 11 is 0. The molecule has 0 aliphatic heterocycles. The molecule has 4 N–H and O–H groups in total. The second-order valence-corrected chi connectivity index (χ2v) is 6.61. The summed E-state index contributed by atoms with van der Waals surface area (Å²) in [6, 6.07) is 22.0. The number of esters is 1. The molecule has 1 heterocycles. The summed E-state index contributed by atoms with van der Waals surface area (Å²) in [6.07, 6.45) is 3.05. The molecule has 0 atom stereocenters. The number of nitrogens with two attached hydrogens (primary N) is 2. The zero-order valence-corrected chi connectivity index (χ0v) is 16.4. The Hall–Kier alpha value is -4.52. The normalized spacial score (nSPS) is 10.3. The average Bonchev–Trinajstić information content (AvgIpc) is 2.77. The van der Waals surface area contributed by atoms with Crippen LogP contribution in [-0.2, 0) is 0 Å². The van der Waals surface area contributed by atoms with E-state index in [0.29, 0.717) is 40.1 Å². The van der Waals surface area contributed by atoms with Crippen LogP contribution in [0, 0.1) is 0 Å². The van der Waals surface area contributed by atoms with Gasteiger partial charge in [-0.25, -0.2) is 4.79 Å². The van der Waals surface area contributed by atoms with E-state index in [1.165, 1.54) is 6.20 Å². The van der Waals surface area contributed by atoms with Gasteiger partial charge in [0, 0.05) is 23.6 Å². The highest BCUT2D eigenvalue weighted by Gasteiger charge is 2.14. The maximum Gasteiger partial charge on any atom is 0.343 e. The number of hydrogen-bond donors (Lipinski definition) is 2. The van der Waals surface area contributed by atoms with Gasteiger partial charge in [-0.3, -0.25) is 4.98 Å². The van der Waals surface area contributed by atoms with Crippen molar-refractivity contribution in [1.82, 2.24) is 4.98 Å². The lowest BCUT2D eigenvalue weighted by Crippen LogP contribution is -2.09. The van der Waals surface area contributed by atoms with Crippen LogP contribution in [-0.4, -0.2) is 11.0 Å². The first-order valence-corrected chi connectivity index (χ1v) is 9.39. The van der Waals surface area contributed by atoms with Gasteiger partial charge in [0.15, 0.2) is 0 Å². The third-order valence-corrected chi connectivity index (χ3v) is 4.19. The zero-order valence-electron chi connectivity index (χ0n) is 16.4. The summed E-state index contributed by atoms with van der Waals surface area (Å²) in [5.74, 6) is 1.68. The largest absolute Gasteiger partial charge is 0.457 e. The van der Waals surface area contributed by atoms with Crippen LogP contribution in [0.2, 0.25) is 0 Å². The monoisotopic (exact) mass is 413 g/mol. The molecule has 0 unspecified atom stereocenters. The first kappa shape index (κ1) is 19.8. The van der Waals surface area contributed by atoms with Crippen LogP contribution < -0.4 is 25.7 Å². The van der Waals surface area contributed by atoms with E-state index < -0.39 is 5.97 Å². The molecular formula is C24H19N3O4. The number of nitrogens with zero attached hydrogens (tertiary/aromatic N) is 1. The molecule has 0 aliphatic rings. The van der Waals surface area contributed by atoms with E-state index in [2.05, 4.69) is 4.98 Å². The van der Waals surface area contributed by atoms with Gasteiger partial charge in [-0.05, 0) is 72.8 Å². The van der Waals surface area contributed by atoms with Crippen molar-refractivity contribution in [2.24, 2.45) is 0 Å². The van der Waals surface area contributed by atoms with Crippen LogP contribution in [0.15, 0.2) is 91.3 Å². The van der Waals surface area contributed by atoms with Gasteiger partial charge in [-0.1, -0.05) is 0 Å². The zero-order chi connectivity index (χ0) is 21.6. The van der Waals surface area contributed by atoms with Crippen LogP contribution in [0.3, 0.4) is 0 Å². The minimum absolute atomic E-state index is 0.252. The molecule has 0 fully saturated rings. The van der Waals surface area contributed by atoms with Gasteiger partial charge >= 0.3 is 5.97 Å². The fourth-order valence-corrected chi connectivity index (χ4v) is 2.72. The van der Waals surface area contributed by atoms with E-state index in [4.69, 9.17) is 25.7 Å². The van der Waals surface area contributed by atoms with Crippen LogP contribution in [0.25, 0.3) is 0 Å². The van der Waals surface area contributed by atoms with Gasteiger partial charge in [0.25, 0.3) is 0 Å². The van der Waals surface area contributed by atoms with E-state index in [0.717, 1.165) is 0 Å². The van der Waals surface area contributed by atoms with Crippen molar-refractivity contribution in [2.45, 2.75) is 0 Å². The third kappa shape index (κ3) is 5.30. The number of pyridine rings is 1. The summed E-state index contributed by atoms with van der Waals surface area (Å²) in [7, 11) is 0. The number of hydrogen-bond acceptors (Lipinski definition) is 7. The van der Waals surface area contributed by atoms with Crippen molar-refractivity contribution in [2.75, 3.05) is 11.5 Å². The topological polar surface area (TPSA) is 110 Å². The highest BCUT2D eigenvalue weighted by atomic mass is 16.5. The maximum atomic E-state index is 12.7. The lowest BCUT2D eigenvalue weighted by Gasteiger charge is -2.12. The van der Waals surface area contributed by atoms with Gasteiger partial charge in [0.1, 0.15) is 28.7 Å². The summed E-state index contributed by atoms with van der Waals surface area (Å²) in [5.41, 5.74) is 12.9. The number of rotatable bonds is 6. The van der Waals surface area contributed by atoms with Crippen LogP contribution in [0.4, 0.5) is 11.4 Å². The highest BCUT2D eigenvalue weighted by molar-refractivity contribution is 5.92. The lowest BCUT2D eigenvalue weighted by molar-refractivity contribution is 0.0733. The molecule has 4 aromatic rings. The van der Waals surface area contributed by atoms with Gasteiger partial charge in [0.2, 0.25) is 0 Å². The van der Waals surface area contributed by atoms with Crippen molar-refractivity contribution in [1.29, 1.82) is 0 Å². The first-order valence-electron chi connectivity index (χ1n) is 9.39. The van der Waals surface area contributed by atoms with E-state index in [9.17, 15) is 4.79 Å². The number of anilines is 2. The van der Waals surface area contributed by atoms with Crippen molar-refractivity contribution in [3.05, 3.63) is 96.8 Å². The van der Waals surface area contributed by atoms with Crippen molar-refractivity contribution < 1.29 is 19.0 Å². The molecule has 7 heteroatoms. The van der Waals surface area contributed by atoms with Gasteiger partial charge in [0.05, 0.1) is 11.8 Å². The molecular weight excluding hydrogens is 394 g/mol. The molecule has 7 nitrogen and oxygen atoms in total. The SMILES string of the molecule is Nc1ccc(Oc2cc(Oc3ccc(N)cc3)cc(C(=O)Oc3cccnc3)c2)cc1. The quantitative estimate of drug-likeness (QED) is 0.336. The van der Waals surface area contributed by atoms with Crippen molar-refractivity contribution >= 4 is 17.3 Å². The molecule has 0 saturated heterocycles. The number of carbonyl (C=O) groups is 1. The Balaban J connectivity index is 1.64. The molecule has 1 aromatic heterocycles. The summed E-state index contributed by atoms with van der Waals surface area (Å²) in [5, 5.41) is 0. The predicted octanol–water partition coefficient (Wildman–Crippen LogP) is 5.05. The Bertz CT molecular complexity index is 1110. The molecule has 3 aromatic carbocycles. The number of benzene rings is 3. The Morgan fingerprint density at radius 1 is 0.677 bits per heavy atom. The number of ether oxygens (including phenoxy) is 3. The van der Waals surface area contributed by atoms with Gasteiger partial charge in [-0.15, -0.1) is 0 Å². The minimum Gasteiger partial charge on any atom is -0.457 e. The molecule has 0 saturated carbocycles. The fourth-order valence-electron chi connectivity index (χ4n) is 2.72. The summed E-state index contributed by atoms with van der Waals surface area (Å²) in [6.45, 7) is 0. The fraction of sp³-hybridized carbons (Fsp3) is 0. The smallest absolute Gasteiger partial charge is 0.343 e. The summed E-state index contributed by atoms with van der Waals surface area (Å²) in [4.78, 5) is 16.7. The van der Waals surface area contributed by atoms with Crippen molar-refractivity contribution in [3.8, 4) is 28.7 Å². The maximum absolute atomic E-state index is 12.7. The third-order valence-electron chi connectivity index (χ3n) is 4.19.